The SMILES string of the molecule is C[C@@H](O[C@H]1CCN(C(=O)NC2CCNCC2)C[C@H]1c1ccccc1)c1cc(C(F)(F)F)cc(C(F)(F)F)c1. The largest absolute Gasteiger partial charge is 0.416 e. The lowest BCUT2D eigenvalue weighted by Crippen LogP contribution is -2.53. The summed E-state index contributed by atoms with van der Waals surface area (Å²) < 4.78 is 86.4. The van der Waals surface area contributed by atoms with Gasteiger partial charge in [-0.1, -0.05) is 30.3 Å². The predicted molar refractivity (Wildman–Crippen MR) is 130 cm³/mol. The molecule has 2 aromatic rings. The summed E-state index contributed by atoms with van der Waals surface area (Å²) in [6, 6.07) is 10.7. The third kappa shape index (κ3) is 6.99. The molecule has 2 fully saturated rings. The Bertz CT molecular complexity index is 1050. The molecule has 0 unspecified atom stereocenters. The van der Waals surface area contributed by atoms with Gasteiger partial charge in [-0.3, -0.25) is 0 Å². The molecule has 2 amide bonds. The number of benzene rings is 2. The second kappa shape index (κ2) is 11.5. The Morgan fingerprint density at radius 2 is 1.58 bits per heavy atom. The van der Waals surface area contributed by atoms with Gasteiger partial charge in [0.1, 0.15) is 0 Å². The first kappa shape index (κ1) is 28.2. The number of halogens is 6. The number of nitrogens with zero attached hydrogens (tertiary/aromatic N) is 1. The monoisotopic (exact) mass is 543 g/mol. The van der Waals surface area contributed by atoms with Gasteiger partial charge in [-0.2, -0.15) is 26.3 Å². The maximum atomic E-state index is 13.4. The molecule has 3 atom stereocenters. The normalized spacial score (nSPS) is 22.2. The first-order valence-electron chi connectivity index (χ1n) is 12.7. The quantitative estimate of drug-likeness (QED) is 0.447. The molecule has 208 valence electrons. The van der Waals surface area contributed by atoms with Gasteiger partial charge in [0.2, 0.25) is 0 Å². The second-order valence-corrected chi connectivity index (χ2v) is 9.88. The van der Waals surface area contributed by atoms with Gasteiger partial charge in [-0.15, -0.1) is 0 Å². The molecule has 5 nitrogen and oxygen atoms in total. The van der Waals surface area contributed by atoms with Crippen molar-refractivity contribution in [2.45, 2.75) is 62.7 Å². The van der Waals surface area contributed by atoms with Gasteiger partial charge in [0.25, 0.3) is 0 Å². The molecule has 11 heteroatoms. The van der Waals surface area contributed by atoms with Crippen LogP contribution in [0.4, 0.5) is 31.1 Å². The van der Waals surface area contributed by atoms with Crippen LogP contribution in [0.25, 0.3) is 0 Å². The molecule has 0 aromatic heterocycles. The van der Waals surface area contributed by atoms with Crippen LogP contribution < -0.4 is 10.6 Å². The highest BCUT2D eigenvalue weighted by Crippen LogP contribution is 2.39. The molecular formula is C27H31F6N3O2. The van der Waals surface area contributed by atoms with Gasteiger partial charge in [-0.25, -0.2) is 4.79 Å². The van der Waals surface area contributed by atoms with Crippen molar-refractivity contribution >= 4 is 6.03 Å². The number of likely N-dealkylation sites (tertiary alicyclic amines) is 1. The summed E-state index contributed by atoms with van der Waals surface area (Å²) in [6.45, 7) is 3.78. The smallest absolute Gasteiger partial charge is 0.370 e. The third-order valence-corrected chi connectivity index (χ3v) is 7.19. The van der Waals surface area contributed by atoms with Gasteiger partial charge in [0.05, 0.1) is 23.3 Å². The Morgan fingerprint density at radius 1 is 0.974 bits per heavy atom. The maximum Gasteiger partial charge on any atom is 0.416 e. The number of amides is 2. The van der Waals surface area contributed by atoms with E-state index in [0.29, 0.717) is 31.6 Å². The standard InChI is InChI=1S/C27H31F6N3O2/c1-17(19-13-20(26(28,29)30)15-21(14-19)27(31,32)33)38-24-9-12-36(16-23(24)18-5-3-2-4-6-18)25(37)35-22-7-10-34-11-8-22/h2-6,13-15,17,22-24,34H,7-12,16H2,1H3,(H,35,37)/t17-,23+,24+/m1/s1. The van der Waals surface area contributed by atoms with E-state index in [0.717, 1.165) is 31.5 Å². The minimum absolute atomic E-state index is 0.0802. The van der Waals surface area contributed by atoms with E-state index in [1.807, 2.05) is 30.3 Å². The molecule has 2 saturated heterocycles. The minimum atomic E-state index is -4.94. The molecule has 2 N–H and O–H groups in total. The van der Waals surface area contributed by atoms with E-state index in [1.165, 1.54) is 6.92 Å². The van der Waals surface area contributed by atoms with E-state index in [2.05, 4.69) is 10.6 Å². The van der Waals surface area contributed by atoms with E-state index in [-0.39, 0.29) is 29.6 Å². The van der Waals surface area contributed by atoms with Crippen molar-refractivity contribution in [3.63, 3.8) is 0 Å². The number of hydrogen-bond acceptors (Lipinski definition) is 3. The maximum absolute atomic E-state index is 13.4. The highest BCUT2D eigenvalue weighted by molar-refractivity contribution is 5.74. The molecule has 0 bridgehead atoms. The topological polar surface area (TPSA) is 53.6 Å². The number of hydrogen-bond donors (Lipinski definition) is 2. The van der Waals surface area contributed by atoms with Crippen LogP contribution in [0.5, 0.6) is 0 Å². The first-order chi connectivity index (χ1) is 17.9. The number of carbonyl (C=O) groups is 1. The lowest BCUT2D eigenvalue weighted by molar-refractivity contribution is -0.143. The molecule has 0 spiro atoms. The van der Waals surface area contributed by atoms with Crippen molar-refractivity contribution in [1.29, 1.82) is 0 Å². The Balaban J connectivity index is 1.54. The molecule has 0 aliphatic carbocycles. The zero-order valence-electron chi connectivity index (χ0n) is 20.9. The summed E-state index contributed by atoms with van der Waals surface area (Å²) in [4.78, 5) is 14.7. The van der Waals surface area contributed by atoms with Crippen LogP contribution in [-0.2, 0) is 17.1 Å². The van der Waals surface area contributed by atoms with E-state index in [4.69, 9.17) is 4.74 Å². The number of nitrogens with one attached hydrogen (secondary N) is 2. The molecule has 38 heavy (non-hydrogen) atoms. The molecule has 2 heterocycles. The van der Waals surface area contributed by atoms with Crippen molar-refractivity contribution in [1.82, 2.24) is 15.5 Å². The number of alkyl halides is 6. The molecule has 0 saturated carbocycles. The average molecular weight is 544 g/mol. The van der Waals surface area contributed by atoms with Crippen LogP contribution in [0, 0.1) is 0 Å². The predicted octanol–water partition coefficient (Wildman–Crippen LogP) is 6.12. The lowest BCUT2D eigenvalue weighted by Gasteiger charge is -2.40. The lowest BCUT2D eigenvalue weighted by atomic mass is 9.87. The fourth-order valence-electron chi connectivity index (χ4n) is 5.08. The summed E-state index contributed by atoms with van der Waals surface area (Å²) in [6.07, 6.45) is -9.37. The van der Waals surface area contributed by atoms with E-state index >= 15 is 0 Å². The zero-order valence-corrected chi connectivity index (χ0v) is 20.9. The zero-order chi connectivity index (χ0) is 27.5. The van der Waals surface area contributed by atoms with E-state index < -0.39 is 35.7 Å². The van der Waals surface area contributed by atoms with Crippen molar-refractivity contribution < 1.29 is 35.9 Å². The Morgan fingerprint density at radius 3 is 2.16 bits per heavy atom. The summed E-state index contributed by atoms with van der Waals surface area (Å²) in [5, 5.41) is 6.33. The number of ether oxygens (including phenoxy) is 1. The van der Waals surface area contributed by atoms with Gasteiger partial charge in [0, 0.05) is 25.0 Å². The van der Waals surface area contributed by atoms with E-state index in [1.54, 1.807) is 4.90 Å². The van der Waals surface area contributed by atoms with Crippen LogP contribution in [0.2, 0.25) is 0 Å². The molecule has 2 aliphatic heterocycles. The van der Waals surface area contributed by atoms with Gasteiger partial charge in [-0.05, 0) is 68.6 Å². The molecule has 4 rings (SSSR count). The number of piperidine rings is 2. The van der Waals surface area contributed by atoms with Crippen LogP contribution in [0.3, 0.4) is 0 Å². The van der Waals surface area contributed by atoms with Crippen LogP contribution in [0.15, 0.2) is 48.5 Å². The molecular weight excluding hydrogens is 512 g/mol. The van der Waals surface area contributed by atoms with Crippen molar-refractivity contribution in [2.24, 2.45) is 0 Å². The number of carbonyl (C=O) groups excluding carboxylic acids is 1. The van der Waals surface area contributed by atoms with Crippen LogP contribution in [-0.4, -0.2) is 49.3 Å². The van der Waals surface area contributed by atoms with Crippen LogP contribution in [0.1, 0.15) is 60.5 Å². The fourth-order valence-corrected chi connectivity index (χ4v) is 5.08. The highest BCUT2D eigenvalue weighted by atomic mass is 19.4. The highest BCUT2D eigenvalue weighted by Gasteiger charge is 2.39. The Labute approximate surface area is 217 Å². The van der Waals surface area contributed by atoms with Crippen molar-refractivity contribution in [3.05, 3.63) is 70.8 Å². The van der Waals surface area contributed by atoms with Gasteiger partial charge < -0.3 is 20.3 Å². The molecule has 0 radical (unpaired) electrons. The molecule has 2 aromatic carbocycles. The van der Waals surface area contributed by atoms with Crippen molar-refractivity contribution in [3.8, 4) is 0 Å². The minimum Gasteiger partial charge on any atom is -0.370 e. The Hall–Kier alpha value is -2.79. The number of urea groups is 1. The first-order valence-corrected chi connectivity index (χ1v) is 12.7. The summed E-state index contributed by atoms with van der Waals surface area (Å²) in [5.41, 5.74) is -2.07. The fraction of sp³-hybridized carbons (Fsp3) is 0.519. The summed E-state index contributed by atoms with van der Waals surface area (Å²) in [5.74, 6) is -0.306. The van der Waals surface area contributed by atoms with Crippen LogP contribution >= 0.6 is 0 Å². The van der Waals surface area contributed by atoms with Gasteiger partial charge in [0.15, 0.2) is 0 Å². The number of rotatable bonds is 5. The third-order valence-electron chi connectivity index (χ3n) is 7.19. The second-order valence-electron chi connectivity index (χ2n) is 9.88. The summed E-state index contributed by atoms with van der Waals surface area (Å²) in [7, 11) is 0. The van der Waals surface area contributed by atoms with Crippen molar-refractivity contribution in [2.75, 3.05) is 26.2 Å². The average Bonchev–Trinajstić information content (AvgIpc) is 2.88. The summed E-state index contributed by atoms with van der Waals surface area (Å²) >= 11 is 0. The Kier molecular flexibility index (Phi) is 8.56. The van der Waals surface area contributed by atoms with Gasteiger partial charge >= 0.3 is 18.4 Å². The van der Waals surface area contributed by atoms with E-state index in [9.17, 15) is 31.1 Å². The molecule has 2 aliphatic rings.